The van der Waals surface area contributed by atoms with Gasteiger partial charge in [0.2, 0.25) is 0 Å². The van der Waals surface area contributed by atoms with Gasteiger partial charge in [-0.15, -0.1) is 0 Å². The molecule has 0 bridgehead atoms. The molecule has 12 nitrogen and oxygen atoms in total. The average molecular weight is 613 g/mol. The van der Waals surface area contributed by atoms with E-state index in [9.17, 15) is 14.4 Å². The van der Waals surface area contributed by atoms with E-state index in [-0.39, 0.29) is 42.9 Å². The predicted octanol–water partition coefficient (Wildman–Crippen LogP) is 5.63. The van der Waals surface area contributed by atoms with E-state index in [2.05, 4.69) is 21.1 Å². The monoisotopic (exact) mass is 612 g/mol. The van der Waals surface area contributed by atoms with Crippen LogP contribution in [0.4, 0.5) is 26.7 Å². The Hall–Kier alpha value is -4.29. The third kappa shape index (κ3) is 7.76. The highest BCUT2D eigenvalue weighted by molar-refractivity contribution is 6.30. The third-order valence-corrected chi connectivity index (χ3v) is 7.55. The summed E-state index contributed by atoms with van der Waals surface area (Å²) in [6.07, 6.45) is -0.351. The van der Waals surface area contributed by atoms with Crippen LogP contribution in [0.25, 0.3) is 0 Å². The van der Waals surface area contributed by atoms with Crippen LogP contribution < -0.4 is 20.7 Å². The summed E-state index contributed by atoms with van der Waals surface area (Å²) in [6, 6.07) is 10.3. The fourth-order valence-electron chi connectivity index (χ4n) is 4.83. The predicted molar refractivity (Wildman–Crippen MR) is 164 cm³/mol. The maximum absolute atomic E-state index is 13.6. The Morgan fingerprint density at radius 1 is 1.05 bits per heavy atom. The molecule has 0 saturated carbocycles. The second-order valence-corrected chi connectivity index (χ2v) is 11.1. The van der Waals surface area contributed by atoms with Gasteiger partial charge in [-0.2, -0.15) is 0 Å². The van der Waals surface area contributed by atoms with Gasteiger partial charge >= 0.3 is 12.1 Å². The number of nitrogens with one attached hydrogen (secondary N) is 3. The summed E-state index contributed by atoms with van der Waals surface area (Å²) in [5, 5.41) is 12.8. The average Bonchev–Trinajstić information content (AvgIpc) is 3.28. The molecule has 3 N–H and O–H groups in total. The van der Waals surface area contributed by atoms with Crippen molar-refractivity contribution in [3.05, 3.63) is 64.5 Å². The zero-order valence-electron chi connectivity index (χ0n) is 25.1. The molecule has 5 amide bonds. The summed E-state index contributed by atoms with van der Waals surface area (Å²) in [6.45, 7) is 8.01. The fraction of sp³-hybridized carbons (Fsp3) is 0.400. The summed E-state index contributed by atoms with van der Waals surface area (Å²) in [7, 11) is 3.28. The molecule has 43 heavy (non-hydrogen) atoms. The molecule has 0 spiro atoms. The molecular weight excluding hydrogens is 576 g/mol. The molecule has 3 atom stereocenters. The minimum atomic E-state index is -0.494. The summed E-state index contributed by atoms with van der Waals surface area (Å²) >= 11 is 6.02. The zero-order valence-corrected chi connectivity index (χ0v) is 25.8. The highest BCUT2D eigenvalue weighted by Gasteiger charge is 2.31. The van der Waals surface area contributed by atoms with E-state index < -0.39 is 12.1 Å². The van der Waals surface area contributed by atoms with Crippen LogP contribution in [-0.4, -0.2) is 78.9 Å². The third-order valence-electron chi connectivity index (χ3n) is 7.31. The number of rotatable bonds is 4. The van der Waals surface area contributed by atoms with Gasteiger partial charge in [0.25, 0.3) is 5.91 Å². The molecule has 230 valence electrons. The molecule has 1 aromatic heterocycles. The van der Waals surface area contributed by atoms with E-state index in [0.717, 1.165) is 0 Å². The number of hydrogen-bond acceptors (Lipinski definition) is 7. The molecule has 1 aliphatic rings. The highest BCUT2D eigenvalue weighted by atomic mass is 35.5. The van der Waals surface area contributed by atoms with Crippen LogP contribution in [-0.2, 0) is 4.74 Å². The van der Waals surface area contributed by atoms with Crippen LogP contribution in [0, 0.1) is 19.8 Å². The number of fused-ring (bicyclic) bond motifs is 1. The lowest BCUT2D eigenvalue weighted by Crippen LogP contribution is -2.50. The van der Waals surface area contributed by atoms with Gasteiger partial charge in [0, 0.05) is 55.6 Å². The van der Waals surface area contributed by atoms with Crippen LogP contribution in [0.1, 0.15) is 35.7 Å². The molecule has 0 radical (unpaired) electrons. The molecule has 1 aliphatic heterocycles. The molecule has 0 aliphatic carbocycles. The van der Waals surface area contributed by atoms with Gasteiger partial charge in [0.1, 0.15) is 23.7 Å². The smallest absolute Gasteiger partial charge is 0.323 e. The van der Waals surface area contributed by atoms with E-state index in [0.29, 0.717) is 45.6 Å². The Bertz CT molecular complexity index is 1460. The van der Waals surface area contributed by atoms with Crippen molar-refractivity contribution in [2.24, 2.45) is 5.92 Å². The number of benzene rings is 2. The summed E-state index contributed by atoms with van der Waals surface area (Å²) in [5.74, 6) is 0.375. The number of carbonyl (C=O) groups is 3. The molecular formula is C30H37ClN6O6. The van der Waals surface area contributed by atoms with Crippen molar-refractivity contribution in [3.8, 4) is 5.75 Å². The van der Waals surface area contributed by atoms with Crippen molar-refractivity contribution in [2.45, 2.75) is 39.8 Å². The molecule has 4 rings (SSSR count). The Kier molecular flexibility index (Phi) is 10.1. The fourth-order valence-corrected chi connectivity index (χ4v) is 5.02. The summed E-state index contributed by atoms with van der Waals surface area (Å²) in [4.78, 5) is 43.0. The van der Waals surface area contributed by atoms with Crippen LogP contribution >= 0.6 is 11.6 Å². The van der Waals surface area contributed by atoms with E-state index in [1.165, 1.54) is 0 Å². The first-order chi connectivity index (χ1) is 20.5. The zero-order chi connectivity index (χ0) is 31.3. The lowest BCUT2D eigenvalue weighted by molar-refractivity contribution is 0.0174. The Morgan fingerprint density at radius 3 is 2.42 bits per heavy atom. The van der Waals surface area contributed by atoms with Crippen molar-refractivity contribution in [1.82, 2.24) is 15.0 Å². The quantitative estimate of drug-likeness (QED) is 0.347. The van der Waals surface area contributed by atoms with E-state index >= 15 is 0 Å². The van der Waals surface area contributed by atoms with Gasteiger partial charge < -0.3 is 39.7 Å². The number of nitrogens with zero attached hydrogens (tertiary/aromatic N) is 3. The number of ether oxygens (including phenoxy) is 2. The molecule has 0 unspecified atom stereocenters. The summed E-state index contributed by atoms with van der Waals surface area (Å²) in [5.41, 5.74) is 2.33. The summed E-state index contributed by atoms with van der Waals surface area (Å²) < 4.78 is 17.2. The minimum Gasteiger partial charge on any atom is -0.491 e. The molecule has 0 saturated heterocycles. The van der Waals surface area contributed by atoms with Gasteiger partial charge in [-0.1, -0.05) is 29.7 Å². The largest absolute Gasteiger partial charge is 0.491 e. The molecule has 3 aromatic rings. The number of carbonyl (C=O) groups excluding carboxylic acids is 3. The van der Waals surface area contributed by atoms with E-state index in [4.69, 9.17) is 25.6 Å². The van der Waals surface area contributed by atoms with Crippen molar-refractivity contribution in [2.75, 3.05) is 49.8 Å². The van der Waals surface area contributed by atoms with Gasteiger partial charge in [0.05, 0.1) is 17.7 Å². The lowest BCUT2D eigenvalue weighted by atomic mass is 10.0. The standard InChI is InChI=1S/C30H37ClN6O6/c1-17-14-37(30(40)34-27-19(3)35-43-20(27)4)18(2)16-42-25-13-23(33-29(39)32-22-9-7-8-21(31)12-22)10-11-24(25)28(38)36(5)15-26(17)41-6/h7-13,17-18,26H,14-16H2,1-6H3,(H,34,40)(H2,32,33,39)/t17-,18+,26+/m1/s1. The van der Waals surface area contributed by atoms with Gasteiger partial charge in [-0.25, -0.2) is 9.59 Å². The maximum Gasteiger partial charge on any atom is 0.323 e. The number of hydrogen-bond donors (Lipinski definition) is 3. The van der Waals surface area contributed by atoms with Crippen molar-refractivity contribution in [3.63, 3.8) is 0 Å². The van der Waals surface area contributed by atoms with Crippen LogP contribution in [0.5, 0.6) is 5.75 Å². The number of methoxy groups -OCH3 is 1. The van der Waals surface area contributed by atoms with Crippen molar-refractivity contribution >= 4 is 46.6 Å². The number of aryl methyl sites for hydroxylation is 2. The Labute approximate surface area is 255 Å². The van der Waals surface area contributed by atoms with Crippen molar-refractivity contribution in [1.29, 1.82) is 0 Å². The number of likely N-dealkylation sites (N-methyl/N-ethyl adjacent to an activating group) is 1. The van der Waals surface area contributed by atoms with Crippen LogP contribution in [0.15, 0.2) is 47.0 Å². The number of urea groups is 2. The number of aromatic nitrogens is 1. The molecule has 2 heterocycles. The second kappa shape index (κ2) is 13.8. The topological polar surface area (TPSA) is 138 Å². The second-order valence-electron chi connectivity index (χ2n) is 10.7. The first-order valence-corrected chi connectivity index (χ1v) is 14.2. The van der Waals surface area contributed by atoms with Crippen LogP contribution in [0.3, 0.4) is 0 Å². The lowest BCUT2D eigenvalue weighted by Gasteiger charge is -2.36. The number of amides is 5. The molecule has 13 heteroatoms. The normalized spacial score (nSPS) is 19.4. The maximum atomic E-state index is 13.6. The Balaban J connectivity index is 1.60. The van der Waals surface area contributed by atoms with Gasteiger partial charge in [-0.05, 0) is 51.1 Å². The first kappa shape index (κ1) is 31.6. The van der Waals surface area contributed by atoms with Crippen LogP contribution in [0.2, 0.25) is 5.02 Å². The SMILES string of the molecule is CO[C@H]1CN(C)C(=O)c2ccc(NC(=O)Nc3cccc(Cl)c3)cc2OC[C@H](C)N(C(=O)Nc2c(C)noc2C)C[C@H]1C. The number of anilines is 3. The van der Waals surface area contributed by atoms with E-state index in [1.807, 2.05) is 13.8 Å². The van der Waals surface area contributed by atoms with E-state index in [1.54, 1.807) is 80.3 Å². The van der Waals surface area contributed by atoms with Crippen molar-refractivity contribution < 1.29 is 28.4 Å². The van der Waals surface area contributed by atoms with Gasteiger partial charge in [0.15, 0.2) is 5.76 Å². The first-order valence-electron chi connectivity index (χ1n) is 13.9. The Morgan fingerprint density at radius 2 is 1.77 bits per heavy atom. The molecule has 0 fully saturated rings. The van der Waals surface area contributed by atoms with Gasteiger partial charge in [-0.3, -0.25) is 4.79 Å². The number of halogens is 1. The highest BCUT2D eigenvalue weighted by Crippen LogP contribution is 2.28. The minimum absolute atomic E-state index is 0.0710. The molecule has 2 aromatic carbocycles.